The smallest absolute Gasteiger partial charge is 0.274 e. The van der Waals surface area contributed by atoms with Crippen LogP contribution in [0.3, 0.4) is 0 Å². The van der Waals surface area contributed by atoms with E-state index in [1.165, 1.54) is 246 Å². The van der Waals surface area contributed by atoms with Gasteiger partial charge in [0.15, 0.2) is 0 Å². The normalized spacial score (nSPS) is 13.1. The second kappa shape index (κ2) is 46.4. The van der Waals surface area contributed by atoms with Crippen molar-refractivity contribution >= 4 is 38.8 Å². The first-order chi connectivity index (χ1) is 29.9. The Hall–Kier alpha value is 0.720. The Balaban J connectivity index is -0.000000371. The molecule has 1 unspecified atom stereocenters. The van der Waals surface area contributed by atoms with Crippen LogP contribution in [0.4, 0.5) is 0 Å². The fourth-order valence-electron chi connectivity index (χ4n) is 8.17. The van der Waals surface area contributed by atoms with Gasteiger partial charge in [-0.15, -0.1) is 0 Å². The van der Waals surface area contributed by atoms with Crippen LogP contribution in [-0.4, -0.2) is 97.0 Å². The Morgan fingerprint density at radius 3 is 0.587 bits per heavy atom. The first kappa shape index (κ1) is 70.3. The fraction of sp³-hybridized carbons (Fsp3) is 1.00. The molecule has 0 aromatic heterocycles. The number of quaternary nitrogens is 3. The van der Waals surface area contributed by atoms with Crippen LogP contribution in [-0.2, 0) is 18.0 Å². The maximum atomic E-state index is 10.3. The van der Waals surface area contributed by atoms with Gasteiger partial charge in [-0.05, 0) is 77.0 Å². The van der Waals surface area contributed by atoms with E-state index in [0.29, 0.717) is 0 Å². The average molecular weight is 985 g/mol. The van der Waals surface area contributed by atoms with Gasteiger partial charge in [-0.3, -0.25) is 13.4 Å². The highest BCUT2D eigenvalue weighted by molar-refractivity contribution is 7.58. The third-order valence-corrected chi connectivity index (χ3v) is 14.7. The van der Waals surface area contributed by atoms with Crippen LogP contribution in [0, 0.1) is 0 Å². The number of unbranched alkanes of at least 4 members (excludes halogenated alkanes) is 12. The minimum Gasteiger partial charge on any atom is -0.790 e. The molecule has 0 aliphatic rings. The predicted molar refractivity (Wildman–Crippen MR) is 271 cm³/mol. The van der Waals surface area contributed by atoms with Crippen molar-refractivity contribution in [2.45, 2.75) is 242 Å². The third-order valence-electron chi connectivity index (χ3n) is 12.2. The van der Waals surface area contributed by atoms with E-state index in [4.69, 9.17) is 23.2 Å². The summed E-state index contributed by atoms with van der Waals surface area (Å²) in [5.41, 5.74) is 0. The van der Waals surface area contributed by atoms with Gasteiger partial charge in [-0.1, -0.05) is 183 Å². The van der Waals surface area contributed by atoms with E-state index < -0.39 is 20.7 Å². The summed E-state index contributed by atoms with van der Waals surface area (Å²) in [6.45, 7) is 45.1. The van der Waals surface area contributed by atoms with Gasteiger partial charge in [-0.2, -0.15) is 0 Å². The van der Waals surface area contributed by atoms with Crippen LogP contribution in [0.1, 0.15) is 237 Å². The Morgan fingerprint density at radius 1 is 0.349 bits per heavy atom. The van der Waals surface area contributed by atoms with Gasteiger partial charge < -0.3 is 32.7 Å². The molecule has 0 radical (unpaired) electrons. The molecule has 0 saturated heterocycles. The highest BCUT2D eigenvalue weighted by Gasteiger charge is 2.27. The van der Waals surface area contributed by atoms with Gasteiger partial charge in [-0.25, -0.2) is 0 Å². The Bertz CT molecular complexity index is 845. The van der Waals surface area contributed by atoms with E-state index in [2.05, 4.69) is 91.9 Å². The molecule has 0 bridgehead atoms. The van der Waals surface area contributed by atoms with Crippen LogP contribution >= 0.6 is 38.8 Å². The molecule has 0 N–H and O–H groups in total. The second-order valence-electron chi connectivity index (χ2n) is 18.3. The van der Waals surface area contributed by atoms with Crippen molar-refractivity contribution in [3.63, 3.8) is 0 Å². The summed E-state index contributed by atoms with van der Waals surface area (Å²) >= 11 is 9.58. The maximum Gasteiger partial charge on any atom is 0.274 e. The van der Waals surface area contributed by atoms with Crippen LogP contribution in [0.2, 0.25) is 0 Å². The summed E-state index contributed by atoms with van der Waals surface area (Å²) in [4.78, 5) is 29.8. The fourth-order valence-corrected chi connectivity index (χ4v) is 10.1. The van der Waals surface area contributed by atoms with Crippen molar-refractivity contribution in [1.82, 2.24) is 0 Å². The Morgan fingerprint density at radius 2 is 0.492 bits per heavy atom. The topological polar surface area (TPSA) is 122 Å². The molecule has 0 aliphatic heterocycles. The van der Waals surface area contributed by atoms with Crippen molar-refractivity contribution in [2.75, 3.05) is 78.5 Å². The van der Waals surface area contributed by atoms with Gasteiger partial charge >= 0.3 is 0 Å². The van der Waals surface area contributed by atoms with Crippen LogP contribution in [0.15, 0.2) is 0 Å². The first-order valence-corrected chi connectivity index (χ1v) is 30.2. The van der Waals surface area contributed by atoms with E-state index in [-0.39, 0.29) is 0 Å². The summed E-state index contributed by atoms with van der Waals surface area (Å²) in [7, 11) is -10.9. The summed E-state index contributed by atoms with van der Waals surface area (Å²) < 4.78 is 30.8. The molecule has 0 aromatic rings. The molecule has 0 amide bonds. The molecule has 0 heterocycles. The summed E-state index contributed by atoms with van der Waals surface area (Å²) in [6, 6.07) is 0. The Labute approximate surface area is 403 Å². The second-order valence-corrected chi connectivity index (χ2v) is 22.0. The van der Waals surface area contributed by atoms with E-state index in [1.54, 1.807) is 0 Å². The van der Waals surface area contributed by atoms with Gasteiger partial charge in [0, 0.05) is 0 Å². The number of nitrogens with zero attached hydrogens (tertiary/aromatic N) is 3. The highest BCUT2D eigenvalue weighted by Crippen LogP contribution is 2.51. The largest absolute Gasteiger partial charge is 0.790 e. The zero-order valence-electron chi connectivity index (χ0n) is 43.9. The standard InChI is InChI=1S/3C16H36N.CH4Cl2O7P2/c3*1-5-9-13-17(14-10-6-2,15-11-7-3)16-12-8-4;2-1(3)9-12(7,8)10-11(4,5)6/h3*5-16H2,1-4H3;1H,(H,7,8)(H2,4,5,6)/q3*+1;/p-3. The summed E-state index contributed by atoms with van der Waals surface area (Å²) in [6.07, 6.45) is 33.2. The number of alkyl halides is 2. The molecular weight excluding hydrogens is 875 g/mol. The minimum atomic E-state index is -5.66. The van der Waals surface area contributed by atoms with Gasteiger partial charge in [0.25, 0.3) is 7.82 Å². The van der Waals surface area contributed by atoms with E-state index in [0.717, 1.165) is 0 Å². The molecule has 0 saturated carbocycles. The van der Waals surface area contributed by atoms with Gasteiger partial charge in [0.1, 0.15) is 0 Å². The molecule has 10 nitrogen and oxygen atoms in total. The lowest BCUT2D eigenvalue weighted by atomic mass is 10.1. The average Bonchev–Trinajstić information content (AvgIpc) is 3.24. The maximum absolute atomic E-state index is 10.3. The van der Waals surface area contributed by atoms with Gasteiger partial charge in [0.2, 0.25) is 5.02 Å². The number of rotatable bonds is 40. The van der Waals surface area contributed by atoms with Crippen LogP contribution < -0.4 is 14.7 Å². The number of phosphoric acid groups is 2. The molecule has 0 fully saturated rings. The summed E-state index contributed by atoms with van der Waals surface area (Å²) in [5.74, 6) is 0. The molecule has 0 aromatic carbocycles. The highest BCUT2D eigenvalue weighted by atomic mass is 35.5. The summed E-state index contributed by atoms with van der Waals surface area (Å²) in [5, 5.41) is -1.83. The van der Waals surface area contributed by atoms with Gasteiger partial charge in [0.05, 0.1) is 86.4 Å². The zero-order valence-corrected chi connectivity index (χ0v) is 47.2. The van der Waals surface area contributed by atoms with Crippen molar-refractivity contribution in [3.8, 4) is 0 Å². The zero-order chi connectivity index (χ0) is 48.9. The first-order valence-electron chi connectivity index (χ1n) is 26.4. The lowest BCUT2D eigenvalue weighted by Crippen LogP contribution is -2.50. The van der Waals surface area contributed by atoms with E-state index in [9.17, 15) is 23.8 Å². The van der Waals surface area contributed by atoms with Crippen molar-refractivity contribution in [3.05, 3.63) is 0 Å². The number of phosphoric ester groups is 1. The van der Waals surface area contributed by atoms with Crippen molar-refractivity contribution in [2.24, 2.45) is 0 Å². The quantitative estimate of drug-likeness (QED) is 0.0340. The number of halogens is 2. The molecule has 63 heavy (non-hydrogen) atoms. The number of hydrogen-bond acceptors (Lipinski definition) is 7. The lowest BCUT2D eigenvalue weighted by Gasteiger charge is -2.39. The van der Waals surface area contributed by atoms with Crippen molar-refractivity contribution < 1.29 is 46.1 Å². The molecule has 0 rings (SSSR count). The predicted octanol–water partition coefficient (Wildman–Crippen LogP) is 14.1. The molecular formula is C49H109Cl2N3O7P2. The van der Waals surface area contributed by atoms with Crippen LogP contribution in [0.5, 0.6) is 0 Å². The Kier molecular flexibility index (Phi) is 51.8. The molecule has 14 heteroatoms. The van der Waals surface area contributed by atoms with Crippen molar-refractivity contribution in [1.29, 1.82) is 0 Å². The number of hydrogen-bond donors (Lipinski definition) is 0. The monoisotopic (exact) mass is 984 g/mol. The molecule has 1 atom stereocenters. The molecule has 0 spiro atoms. The SMILES string of the molecule is CCCC[N+](CCCC)(CCCC)CCCC.CCCC[N+](CCCC)(CCCC)CCCC.CCCC[N+](CCCC)(CCCC)CCCC.O=P([O-])([O-])OP(=O)([O-])OC(Cl)Cl. The lowest BCUT2D eigenvalue weighted by molar-refractivity contribution is -0.929. The van der Waals surface area contributed by atoms with E-state index in [1.807, 2.05) is 0 Å². The van der Waals surface area contributed by atoms with Crippen LogP contribution in [0.25, 0.3) is 0 Å². The van der Waals surface area contributed by atoms with E-state index >= 15 is 0 Å². The third kappa shape index (κ3) is 45.0. The molecule has 0 aliphatic carbocycles. The molecule has 386 valence electrons. The minimum absolute atomic E-state index is 1.35.